The maximum absolute atomic E-state index is 12.1. The molecule has 0 saturated heterocycles. The Kier molecular flexibility index (Phi) is 4.83. The Morgan fingerprint density at radius 1 is 1.30 bits per heavy atom. The van der Waals surface area contributed by atoms with Crippen LogP contribution in [0, 0.1) is 0 Å². The Bertz CT molecular complexity index is 705. The molecule has 8 heteroatoms. The third-order valence-corrected chi connectivity index (χ3v) is 2.91. The second-order valence-electron chi connectivity index (χ2n) is 6.00. The minimum absolute atomic E-state index is 0.0461. The third-order valence-electron chi connectivity index (χ3n) is 2.91. The first-order chi connectivity index (χ1) is 10.8. The molecule has 2 heterocycles. The summed E-state index contributed by atoms with van der Waals surface area (Å²) < 4.78 is 10.4. The highest BCUT2D eigenvalue weighted by Gasteiger charge is 2.20. The molecule has 1 N–H and O–H groups in total. The molecule has 2 rings (SSSR count). The average molecular weight is 320 g/mol. The summed E-state index contributed by atoms with van der Waals surface area (Å²) in [7, 11) is 1.58. The summed E-state index contributed by atoms with van der Waals surface area (Å²) in [6, 6.07) is 1.71. The van der Waals surface area contributed by atoms with E-state index in [9.17, 15) is 9.59 Å². The molecule has 8 nitrogen and oxygen atoms in total. The first-order valence-electron chi connectivity index (χ1n) is 7.17. The molecule has 2 aromatic heterocycles. The Balaban J connectivity index is 1.88. The van der Waals surface area contributed by atoms with Crippen LogP contribution in [0.2, 0.25) is 0 Å². The normalized spacial score (nSPS) is 11.3. The fourth-order valence-corrected chi connectivity index (χ4v) is 1.81. The number of H-pyrrole nitrogens is 1. The number of nitrogens with zero attached hydrogens (tertiary/aromatic N) is 3. The Hall–Kier alpha value is -2.64. The standard InChI is InChI=1S/C15H20N4O4/c1-15(2,3)23-14(21)19(4)7-8-22-13(20)11-10-5-6-16-12(10)18-9-17-11/h5-6,9H,7-8H2,1-4H3,(H,16,17,18). The molecule has 124 valence electrons. The van der Waals surface area contributed by atoms with Crippen LogP contribution in [0.5, 0.6) is 0 Å². The number of aromatic nitrogens is 3. The van der Waals surface area contributed by atoms with Crippen molar-refractivity contribution in [1.82, 2.24) is 19.9 Å². The lowest BCUT2D eigenvalue weighted by Gasteiger charge is -2.24. The zero-order valence-corrected chi connectivity index (χ0v) is 13.6. The fraction of sp³-hybridized carbons (Fsp3) is 0.467. The summed E-state index contributed by atoms with van der Waals surface area (Å²) >= 11 is 0. The summed E-state index contributed by atoms with van der Waals surface area (Å²) in [5, 5.41) is 0.595. The maximum atomic E-state index is 12.1. The van der Waals surface area contributed by atoms with Gasteiger partial charge in [-0.3, -0.25) is 0 Å². The Morgan fingerprint density at radius 2 is 2.04 bits per heavy atom. The molecule has 2 aromatic rings. The average Bonchev–Trinajstić information content (AvgIpc) is 2.93. The van der Waals surface area contributed by atoms with Gasteiger partial charge in [-0.2, -0.15) is 0 Å². The number of hydrogen-bond acceptors (Lipinski definition) is 6. The quantitative estimate of drug-likeness (QED) is 0.865. The molecular formula is C15H20N4O4. The highest BCUT2D eigenvalue weighted by atomic mass is 16.6. The lowest BCUT2D eigenvalue weighted by Crippen LogP contribution is -2.36. The predicted octanol–water partition coefficient (Wildman–Crippen LogP) is 1.98. The van der Waals surface area contributed by atoms with Crippen molar-refractivity contribution in [3.63, 3.8) is 0 Å². The molecule has 0 spiro atoms. The number of fused-ring (bicyclic) bond motifs is 1. The van der Waals surface area contributed by atoms with Crippen molar-refractivity contribution < 1.29 is 19.1 Å². The number of carbonyl (C=O) groups excluding carboxylic acids is 2. The summed E-state index contributed by atoms with van der Waals surface area (Å²) in [6.45, 7) is 5.63. The summed E-state index contributed by atoms with van der Waals surface area (Å²) in [5.74, 6) is -0.561. The molecule has 0 unspecified atom stereocenters. The van der Waals surface area contributed by atoms with Crippen molar-refractivity contribution in [3.05, 3.63) is 24.3 Å². The van der Waals surface area contributed by atoms with Gasteiger partial charge in [-0.05, 0) is 26.8 Å². The van der Waals surface area contributed by atoms with Crippen LogP contribution < -0.4 is 0 Å². The van der Waals surface area contributed by atoms with Crippen molar-refractivity contribution in [2.45, 2.75) is 26.4 Å². The molecule has 0 fully saturated rings. The van der Waals surface area contributed by atoms with E-state index in [1.165, 1.54) is 11.2 Å². The van der Waals surface area contributed by atoms with Crippen LogP contribution in [0.4, 0.5) is 4.79 Å². The number of likely N-dealkylation sites (N-methyl/N-ethyl adjacent to an activating group) is 1. The summed E-state index contributed by atoms with van der Waals surface area (Å²) in [4.78, 5) is 36.1. The number of amides is 1. The van der Waals surface area contributed by atoms with E-state index >= 15 is 0 Å². The first kappa shape index (κ1) is 16.7. The van der Waals surface area contributed by atoms with Crippen molar-refractivity contribution in [2.75, 3.05) is 20.2 Å². The van der Waals surface area contributed by atoms with Crippen LogP contribution in [0.15, 0.2) is 18.6 Å². The summed E-state index contributed by atoms with van der Waals surface area (Å²) in [5.41, 5.74) is 0.192. The number of esters is 1. The van der Waals surface area contributed by atoms with E-state index in [4.69, 9.17) is 9.47 Å². The molecular weight excluding hydrogens is 300 g/mol. The van der Waals surface area contributed by atoms with Gasteiger partial charge in [0.1, 0.15) is 24.2 Å². The van der Waals surface area contributed by atoms with E-state index in [2.05, 4.69) is 15.0 Å². The minimum atomic E-state index is -0.567. The van der Waals surface area contributed by atoms with E-state index in [-0.39, 0.29) is 18.8 Å². The largest absolute Gasteiger partial charge is 0.459 e. The monoisotopic (exact) mass is 320 g/mol. The van der Waals surface area contributed by atoms with Crippen molar-refractivity contribution in [2.24, 2.45) is 0 Å². The fourth-order valence-electron chi connectivity index (χ4n) is 1.81. The molecule has 23 heavy (non-hydrogen) atoms. The zero-order chi connectivity index (χ0) is 17.0. The van der Waals surface area contributed by atoms with Crippen LogP contribution in [-0.2, 0) is 9.47 Å². The number of ether oxygens (including phenoxy) is 2. The van der Waals surface area contributed by atoms with E-state index in [0.717, 1.165) is 0 Å². The third kappa shape index (κ3) is 4.41. The lowest BCUT2D eigenvalue weighted by atomic mass is 10.2. The molecule has 0 radical (unpaired) electrons. The first-order valence-corrected chi connectivity index (χ1v) is 7.17. The van der Waals surface area contributed by atoms with Gasteiger partial charge < -0.3 is 19.4 Å². The van der Waals surface area contributed by atoms with Gasteiger partial charge in [0.25, 0.3) is 0 Å². The van der Waals surface area contributed by atoms with Gasteiger partial charge in [-0.25, -0.2) is 19.6 Å². The van der Waals surface area contributed by atoms with Gasteiger partial charge in [0, 0.05) is 13.2 Å². The van der Waals surface area contributed by atoms with Crippen LogP contribution in [0.3, 0.4) is 0 Å². The van der Waals surface area contributed by atoms with Gasteiger partial charge >= 0.3 is 12.1 Å². The van der Waals surface area contributed by atoms with E-state index in [1.807, 2.05) is 0 Å². The lowest BCUT2D eigenvalue weighted by molar-refractivity contribution is 0.0216. The van der Waals surface area contributed by atoms with E-state index in [0.29, 0.717) is 11.0 Å². The van der Waals surface area contributed by atoms with Gasteiger partial charge in [0.2, 0.25) is 0 Å². The molecule has 0 aliphatic carbocycles. The van der Waals surface area contributed by atoms with Gasteiger partial charge in [-0.15, -0.1) is 0 Å². The highest BCUT2D eigenvalue weighted by molar-refractivity contribution is 6.00. The van der Waals surface area contributed by atoms with Gasteiger partial charge in [0.05, 0.1) is 11.9 Å². The topological polar surface area (TPSA) is 97.4 Å². The molecule has 0 aromatic carbocycles. The molecule has 0 bridgehead atoms. The second kappa shape index (κ2) is 6.64. The summed E-state index contributed by atoms with van der Waals surface area (Å²) in [6.07, 6.45) is 2.50. The van der Waals surface area contributed by atoms with Crippen LogP contribution in [0.25, 0.3) is 11.0 Å². The SMILES string of the molecule is CN(CCOC(=O)c1ncnc2[nH]ccc12)C(=O)OC(C)(C)C. The van der Waals surface area contributed by atoms with Gasteiger partial charge in [0.15, 0.2) is 5.69 Å². The number of carbonyl (C=O) groups is 2. The molecule has 0 atom stereocenters. The van der Waals surface area contributed by atoms with Crippen LogP contribution >= 0.6 is 0 Å². The Morgan fingerprint density at radius 3 is 2.74 bits per heavy atom. The predicted molar refractivity (Wildman–Crippen MR) is 83.0 cm³/mol. The van der Waals surface area contributed by atoms with E-state index < -0.39 is 17.7 Å². The zero-order valence-electron chi connectivity index (χ0n) is 13.6. The molecule has 1 amide bonds. The van der Waals surface area contributed by atoms with Crippen molar-refractivity contribution in [1.29, 1.82) is 0 Å². The maximum Gasteiger partial charge on any atom is 0.410 e. The van der Waals surface area contributed by atoms with Crippen LogP contribution in [-0.4, -0.2) is 57.7 Å². The Labute approximate surface area is 133 Å². The molecule has 0 aliphatic heterocycles. The second-order valence-corrected chi connectivity index (χ2v) is 6.00. The van der Waals surface area contributed by atoms with Crippen molar-refractivity contribution in [3.8, 4) is 0 Å². The smallest absolute Gasteiger partial charge is 0.410 e. The van der Waals surface area contributed by atoms with Crippen LogP contribution in [0.1, 0.15) is 31.3 Å². The number of aromatic amines is 1. The highest BCUT2D eigenvalue weighted by Crippen LogP contribution is 2.13. The minimum Gasteiger partial charge on any atom is -0.459 e. The molecule has 0 aliphatic rings. The number of rotatable bonds is 4. The number of hydrogen-bond donors (Lipinski definition) is 1. The molecule has 0 saturated carbocycles. The van der Waals surface area contributed by atoms with E-state index in [1.54, 1.807) is 40.1 Å². The van der Waals surface area contributed by atoms with Crippen molar-refractivity contribution >= 4 is 23.1 Å². The number of nitrogens with one attached hydrogen (secondary N) is 1. The van der Waals surface area contributed by atoms with Gasteiger partial charge in [-0.1, -0.05) is 0 Å².